The van der Waals surface area contributed by atoms with E-state index < -0.39 is 30.2 Å². The fourth-order valence-corrected chi connectivity index (χ4v) is 0.626. The number of carbonyl (C=O) groups is 1. The second-order valence-corrected chi connectivity index (χ2v) is 3.18. The highest BCUT2D eigenvalue weighted by Gasteiger charge is 1.97. The summed E-state index contributed by atoms with van der Waals surface area (Å²) in [5.41, 5.74) is 0. The Morgan fingerprint density at radius 2 is 2.00 bits per heavy atom. The first-order valence-electron chi connectivity index (χ1n) is 1.36. The van der Waals surface area contributed by atoms with E-state index in [2.05, 4.69) is 0 Å². The van der Waals surface area contributed by atoms with Crippen LogP contribution >= 0.6 is 19.8 Å². The van der Waals surface area contributed by atoms with E-state index in [9.17, 15) is 10.9 Å². The first kappa shape index (κ1) is 6.80. The second kappa shape index (κ2) is 2.89. The van der Waals surface area contributed by atoms with Crippen molar-refractivity contribution in [1.29, 1.82) is 0 Å². The molecular formula is C2H3IO4. The van der Waals surface area contributed by atoms with Crippen LogP contribution in [0.3, 0.4) is 0 Å². The van der Waals surface area contributed by atoms with Crippen LogP contribution in [-0.2, 0) is 10.9 Å². The molecule has 0 saturated carbocycles. The normalized spacial score (nSPS) is 9.29. The first-order valence-corrected chi connectivity index (χ1v) is 4.64. The molecule has 0 amide bonds. The zero-order valence-electron chi connectivity index (χ0n) is 3.26. The minimum atomic E-state index is -3.47. The Morgan fingerprint density at radius 1 is 1.57 bits per heavy atom. The van der Waals surface area contributed by atoms with Gasteiger partial charge in [-0.3, -0.25) is 4.79 Å². The summed E-state index contributed by atoms with van der Waals surface area (Å²) in [5, 5.41) is 7.72. The SMILES string of the molecule is O=C(O)CI(=O)=O. The van der Waals surface area contributed by atoms with Crippen molar-refractivity contribution in [2.75, 3.05) is 4.43 Å². The molecule has 5 heteroatoms. The summed E-state index contributed by atoms with van der Waals surface area (Å²) in [4.78, 5) is 9.45. The molecule has 0 fully saturated rings. The lowest BCUT2D eigenvalue weighted by atomic mass is 10.9. The maximum absolute atomic E-state index is 9.56. The second-order valence-electron chi connectivity index (χ2n) is 0.809. The molecule has 0 atom stereocenters. The van der Waals surface area contributed by atoms with Gasteiger partial charge in [0.05, 0.1) is 0 Å². The quantitative estimate of drug-likeness (QED) is 0.533. The van der Waals surface area contributed by atoms with Gasteiger partial charge in [0.2, 0.25) is 0 Å². The first-order chi connectivity index (χ1) is 3.13. The highest BCUT2D eigenvalue weighted by atomic mass is 127. The van der Waals surface area contributed by atoms with Crippen LogP contribution in [0.25, 0.3) is 0 Å². The van der Waals surface area contributed by atoms with Gasteiger partial charge in [-0.1, -0.05) is 0 Å². The van der Waals surface area contributed by atoms with E-state index >= 15 is 0 Å². The molecule has 0 aromatic carbocycles. The Bertz CT molecular complexity index is 127. The van der Waals surface area contributed by atoms with Crippen LogP contribution in [0.5, 0.6) is 0 Å². The molecule has 0 spiro atoms. The van der Waals surface area contributed by atoms with Gasteiger partial charge in [-0.2, -0.15) is 0 Å². The van der Waals surface area contributed by atoms with E-state index in [1.54, 1.807) is 0 Å². The van der Waals surface area contributed by atoms with E-state index in [1.165, 1.54) is 0 Å². The van der Waals surface area contributed by atoms with Crippen LogP contribution in [0.2, 0.25) is 0 Å². The van der Waals surface area contributed by atoms with Crippen molar-refractivity contribution in [2.45, 2.75) is 0 Å². The molecule has 1 N–H and O–H groups in total. The number of hydrogen-bond donors (Lipinski definition) is 1. The topological polar surface area (TPSA) is 71.4 Å². The molecule has 0 saturated heterocycles. The lowest BCUT2D eigenvalue weighted by Crippen LogP contribution is -1.94. The highest BCUT2D eigenvalue weighted by molar-refractivity contribution is 14.2. The van der Waals surface area contributed by atoms with Crippen molar-refractivity contribution >= 4 is 25.8 Å². The molecule has 0 unspecified atom stereocenters. The summed E-state index contributed by atoms with van der Waals surface area (Å²) in [6.45, 7) is 0. The zero-order chi connectivity index (χ0) is 5.86. The molecule has 0 aromatic rings. The summed E-state index contributed by atoms with van der Waals surface area (Å²) in [7, 11) is 0. The van der Waals surface area contributed by atoms with Crippen molar-refractivity contribution < 1.29 is 16.0 Å². The summed E-state index contributed by atoms with van der Waals surface area (Å²) >= 11 is -3.47. The predicted molar refractivity (Wildman–Crippen MR) is 27.9 cm³/mol. The van der Waals surface area contributed by atoms with Crippen LogP contribution in [0, 0.1) is 0 Å². The lowest BCUT2D eigenvalue weighted by molar-refractivity contribution is -0.133. The maximum Gasteiger partial charge on any atom is 0.318 e. The highest BCUT2D eigenvalue weighted by Crippen LogP contribution is 2.00. The third kappa shape index (κ3) is 5.80. The zero-order valence-corrected chi connectivity index (χ0v) is 5.41. The van der Waals surface area contributed by atoms with Crippen molar-refractivity contribution in [3.05, 3.63) is 0 Å². The van der Waals surface area contributed by atoms with Gasteiger partial charge in [0.15, 0.2) is 4.43 Å². The van der Waals surface area contributed by atoms with Crippen molar-refractivity contribution in [2.24, 2.45) is 0 Å². The number of carboxylic acids is 1. The van der Waals surface area contributed by atoms with Crippen molar-refractivity contribution in [3.8, 4) is 0 Å². The van der Waals surface area contributed by atoms with Crippen LogP contribution in [0.4, 0.5) is 0 Å². The number of rotatable bonds is 2. The Balaban J connectivity index is 3.53. The smallest absolute Gasteiger partial charge is 0.318 e. The van der Waals surface area contributed by atoms with Crippen LogP contribution in [0.1, 0.15) is 0 Å². The summed E-state index contributed by atoms with van der Waals surface area (Å²) in [6, 6.07) is 0. The van der Waals surface area contributed by atoms with Gasteiger partial charge < -0.3 is 5.11 Å². The number of hydrogen-bond acceptors (Lipinski definition) is 3. The van der Waals surface area contributed by atoms with E-state index in [0.717, 1.165) is 0 Å². The fourth-order valence-electron chi connectivity index (χ4n) is 0.0933. The molecule has 0 heterocycles. The Morgan fingerprint density at radius 3 is 2.00 bits per heavy atom. The summed E-state index contributed by atoms with van der Waals surface area (Å²) in [6.07, 6.45) is 0. The number of halogens is 1. The Labute approximate surface area is 46.7 Å². The van der Waals surface area contributed by atoms with Gasteiger partial charge >= 0.3 is 25.8 Å². The maximum atomic E-state index is 9.56. The molecule has 0 radical (unpaired) electrons. The van der Waals surface area contributed by atoms with Gasteiger partial charge in [-0.25, -0.2) is 6.14 Å². The standard InChI is InChI=1S/C2H3IO4/c4-2(5)1-3(6)7/h1H2,(H,4,5). The monoisotopic (exact) mass is 218 g/mol. The van der Waals surface area contributed by atoms with Gasteiger partial charge in [0.1, 0.15) is 0 Å². The van der Waals surface area contributed by atoms with Gasteiger partial charge in [0.25, 0.3) is 0 Å². The number of aliphatic carboxylic acids is 1. The number of carboxylic acid groups (broad SMARTS) is 1. The van der Waals surface area contributed by atoms with Crippen LogP contribution in [-0.4, -0.2) is 15.5 Å². The average molecular weight is 218 g/mol. The minimum Gasteiger partial charge on any atom is -0.481 e. The van der Waals surface area contributed by atoms with Crippen LogP contribution in [0.15, 0.2) is 0 Å². The molecule has 0 aromatic heterocycles. The molecule has 0 rings (SSSR count). The molecular weight excluding hydrogens is 215 g/mol. The van der Waals surface area contributed by atoms with Crippen molar-refractivity contribution in [1.82, 2.24) is 0 Å². The average Bonchev–Trinajstić information content (AvgIpc) is 1.27. The van der Waals surface area contributed by atoms with E-state index in [0.29, 0.717) is 0 Å². The third-order valence-corrected chi connectivity index (χ3v) is 1.50. The van der Waals surface area contributed by atoms with Crippen molar-refractivity contribution in [3.63, 3.8) is 0 Å². The lowest BCUT2D eigenvalue weighted by Gasteiger charge is -1.71. The van der Waals surface area contributed by atoms with E-state index in [1.807, 2.05) is 0 Å². The third-order valence-electron chi connectivity index (χ3n) is 0.223. The molecule has 0 bridgehead atoms. The number of alkyl halides is 1. The summed E-state index contributed by atoms with van der Waals surface area (Å²) < 4.78 is 18.4. The molecule has 42 valence electrons. The Hall–Kier alpha value is -0.200. The molecule has 0 aliphatic rings. The molecule has 4 nitrogen and oxygen atoms in total. The Kier molecular flexibility index (Phi) is 2.81. The molecule has 0 aliphatic heterocycles. The fraction of sp³-hybridized carbons (Fsp3) is 0.500. The van der Waals surface area contributed by atoms with Crippen LogP contribution < -0.4 is 0 Å². The van der Waals surface area contributed by atoms with E-state index in [-0.39, 0.29) is 0 Å². The van der Waals surface area contributed by atoms with Gasteiger partial charge in [0, 0.05) is 0 Å². The van der Waals surface area contributed by atoms with Gasteiger partial charge in [-0.15, -0.1) is 0 Å². The molecule has 7 heavy (non-hydrogen) atoms. The van der Waals surface area contributed by atoms with Gasteiger partial charge in [-0.05, 0) is 0 Å². The molecule has 0 aliphatic carbocycles. The largest absolute Gasteiger partial charge is 0.481 e. The minimum absolute atomic E-state index is 0.677. The van der Waals surface area contributed by atoms with E-state index in [4.69, 9.17) is 5.11 Å². The summed E-state index contributed by atoms with van der Waals surface area (Å²) in [5.74, 6) is -1.27. The predicted octanol–water partition coefficient (Wildman–Crippen LogP) is 0.268.